The van der Waals surface area contributed by atoms with Crippen LogP contribution in [0.2, 0.25) is 15.1 Å². The molecule has 8 nitrogen and oxygen atoms in total. The average molecular weight is 619 g/mol. The molecule has 1 saturated heterocycles. The lowest BCUT2D eigenvalue weighted by Gasteiger charge is -2.39. The largest absolute Gasteiger partial charge is 0.383 e. The summed E-state index contributed by atoms with van der Waals surface area (Å²) in [4.78, 5) is 30.2. The first-order chi connectivity index (χ1) is 18.6. The van der Waals surface area contributed by atoms with Gasteiger partial charge in [0, 0.05) is 49.9 Å². The molecule has 1 aliphatic heterocycles. The third-order valence-electron chi connectivity index (χ3n) is 6.63. The number of amides is 2. The number of rotatable bonds is 12. The zero-order chi connectivity index (χ0) is 28.6. The van der Waals surface area contributed by atoms with E-state index in [4.69, 9.17) is 39.5 Å². The summed E-state index contributed by atoms with van der Waals surface area (Å²) in [5.74, 6) is -0.510. The van der Waals surface area contributed by atoms with E-state index in [-0.39, 0.29) is 49.9 Å². The minimum atomic E-state index is -3.63. The maximum absolute atomic E-state index is 13.7. The van der Waals surface area contributed by atoms with Crippen LogP contribution in [0.4, 0.5) is 0 Å². The van der Waals surface area contributed by atoms with Crippen LogP contribution in [0.1, 0.15) is 42.1 Å². The number of sulfonamides is 1. The first-order valence-electron chi connectivity index (χ1n) is 12.8. The Bertz CT molecular complexity index is 1250. The van der Waals surface area contributed by atoms with Crippen molar-refractivity contribution >= 4 is 56.6 Å². The van der Waals surface area contributed by atoms with Gasteiger partial charge in [-0.15, -0.1) is 0 Å². The maximum Gasteiger partial charge on any atom is 0.253 e. The number of methoxy groups -OCH3 is 1. The van der Waals surface area contributed by atoms with Crippen molar-refractivity contribution in [3.05, 3.63) is 68.7 Å². The van der Waals surface area contributed by atoms with Crippen LogP contribution in [-0.4, -0.2) is 86.0 Å². The van der Waals surface area contributed by atoms with Crippen LogP contribution in [0, 0.1) is 0 Å². The number of nitrogens with zero attached hydrogens (tertiary/aromatic N) is 3. The van der Waals surface area contributed by atoms with Crippen molar-refractivity contribution in [2.75, 3.05) is 45.6 Å². The zero-order valence-corrected chi connectivity index (χ0v) is 25.2. The number of hydrogen-bond acceptors (Lipinski definition) is 5. The maximum atomic E-state index is 13.7. The number of carbonyl (C=O) groups excluding carboxylic acids is 2. The van der Waals surface area contributed by atoms with E-state index in [0.29, 0.717) is 53.0 Å². The second-order valence-electron chi connectivity index (χ2n) is 9.45. The van der Waals surface area contributed by atoms with E-state index < -0.39 is 10.0 Å². The Kier molecular flexibility index (Phi) is 11.9. The molecule has 1 heterocycles. The van der Waals surface area contributed by atoms with Gasteiger partial charge in [0.2, 0.25) is 15.9 Å². The van der Waals surface area contributed by atoms with Crippen LogP contribution in [-0.2, 0) is 26.1 Å². The summed E-state index contributed by atoms with van der Waals surface area (Å²) in [6.07, 6.45) is 1.52. The van der Waals surface area contributed by atoms with E-state index in [2.05, 4.69) is 0 Å². The lowest BCUT2D eigenvalue weighted by Crippen LogP contribution is -2.51. The minimum absolute atomic E-state index is 0.0481. The van der Waals surface area contributed by atoms with Gasteiger partial charge in [-0.1, -0.05) is 53.9 Å². The number of carbonyl (C=O) groups is 2. The highest BCUT2D eigenvalue weighted by molar-refractivity contribution is 7.89. The molecule has 2 amide bonds. The van der Waals surface area contributed by atoms with Gasteiger partial charge >= 0.3 is 0 Å². The standard InChI is InChI=1S/C27H34Cl3N3O5S/c1-3-15-39(36,37)32(13-14-38-2)19-26(34)33(18-20-5-4-6-22(28)16-20)23-9-11-31(12-10-23)27(35)21-7-8-24(29)25(30)17-21/h4-8,16-17,23H,3,9-15,18-19H2,1-2H3. The van der Waals surface area contributed by atoms with Gasteiger partial charge in [0.1, 0.15) is 0 Å². The monoisotopic (exact) mass is 617 g/mol. The fraction of sp³-hybridized carbons (Fsp3) is 0.481. The number of likely N-dealkylation sites (tertiary alicyclic amines) is 1. The van der Waals surface area contributed by atoms with Crippen molar-refractivity contribution in [3.8, 4) is 0 Å². The third kappa shape index (κ3) is 8.80. The predicted octanol–water partition coefficient (Wildman–Crippen LogP) is 4.97. The molecule has 214 valence electrons. The van der Waals surface area contributed by atoms with Gasteiger partial charge in [0.15, 0.2) is 0 Å². The molecule has 0 aromatic heterocycles. The Morgan fingerprint density at radius 1 is 1.05 bits per heavy atom. The molecule has 0 N–H and O–H groups in total. The molecule has 0 atom stereocenters. The van der Waals surface area contributed by atoms with Crippen molar-refractivity contribution in [1.29, 1.82) is 0 Å². The lowest BCUT2D eigenvalue weighted by molar-refractivity contribution is -0.135. The summed E-state index contributed by atoms with van der Waals surface area (Å²) >= 11 is 18.3. The molecule has 0 unspecified atom stereocenters. The molecule has 3 rings (SSSR count). The van der Waals surface area contributed by atoms with Crippen molar-refractivity contribution in [2.24, 2.45) is 0 Å². The molecule has 0 aliphatic carbocycles. The van der Waals surface area contributed by atoms with Crippen LogP contribution < -0.4 is 0 Å². The quantitative estimate of drug-likeness (QED) is 0.335. The number of benzene rings is 2. The summed E-state index contributed by atoms with van der Waals surface area (Å²) in [5.41, 5.74) is 1.29. The van der Waals surface area contributed by atoms with Crippen molar-refractivity contribution < 1.29 is 22.7 Å². The van der Waals surface area contributed by atoms with Crippen LogP contribution in [0.5, 0.6) is 0 Å². The highest BCUT2D eigenvalue weighted by Gasteiger charge is 2.33. The fourth-order valence-electron chi connectivity index (χ4n) is 4.58. The average Bonchev–Trinajstić information content (AvgIpc) is 2.90. The van der Waals surface area contributed by atoms with Crippen molar-refractivity contribution in [3.63, 3.8) is 0 Å². The molecular formula is C27H34Cl3N3O5S. The van der Waals surface area contributed by atoms with Crippen molar-refractivity contribution in [1.82, 2.24) is 14.1 Å². The summed E-state index contributed by atoms with van der Waals surface area (Å²) in [6, 6.07) is 11.8. The first kappa shape index (κ1) is 31.6. The van der Waals surface area contributed by atoms with Gasteiger partial charge in [-0.05, 0) is 55.2 Å². The highest BCUT2D eigenvalue weighted by Crippen LogP contribution is 2.26. The smallest absolute Gasteiger partial charge is 0.253 e. The molecule has 12 heteroatoms. The van der Waals surface area contributed by atoms with Gasteiger partial charge in [-0.2, -0.15) is 4.31 Å². The third-order valence-corrected chi connectivity index (χ3v) is 9.63. The van der Waals surface area contributed by atoms with Gasteiger partial charge in [-0.3, -0.25) is 9.59 Å². The van der Waals surface area contributed by atoms with Gasteiger partial charge in [-0.25, -0.2) is 8.42 Å². The summed E-state index contributed by atoms with van der Waals surface area (Å²) in [5, 5.41) is 1.24. The molecule has 2 aromatic rings. The molecule has 1 fully saturated rings. The summed E-state index contributed by atoms with van der Waals surface area (Å²) in [6.45, 7) is 2.92. The Labute approximate surface area is 245 Å². The van der Waals surface area contributed by atoms with Gasteiger partial charge < -0.3 is 14.5 Å². The Hall–Kier alpha value is -1.88. The summed E-state index contributed by atoms with van der Waals surface area (Å²) in [7, 11) is -2.14. The summed E-state index contributed by atoms with van der Waals surface area (Å²) < 4.78 is 32.1. The number of piperidine rings is 1. The number of hydrogen-bond donors (Lipinski definition) is 0. The fourth-order valence-corrected chi connectivity index (χ4v) is 6.53. The number of halogens is 3. The highest BCUT2D eigenvalue weighted by atomic mass is 35.5. The molecule has 1 aliphatic rings. The van der Waals surface area contributed by atoms with E-state index in [1.165, 1.54) is 11.4 Å². The molecule has 0 bridgehead atoms. The van der Waals surface area contributed by atoms with E-state index in [0.717, 1.165) is 5.56 Å². The van der Waals surface area contributed by atoms with Gasteiger partial charge in [0.05, 0.1) is 28.9 Å². The number of ether oxygens (including phenoxy) is 1. The van der Waals surface area contributed by atoms with Crippen LogP contribution >= 0.6 is 34.8 Å². The minimum Gasteiger partial charge on any atom is -0.383 e. The SMILES string of the molecule is CCCS(=O)(=O)N(CCOC)CC(=O)N(Cc1cccc(Cl)c1)C1CCN(C(=O)c2ccc(Cl)c(Cl)c2)CC1. The molecule has 2 aromatic carbocycles. The van der Waals surface area contributed by atoms with E-state index in [1.807, 2.05) is 12.1 Å². The first-order valence-corrected chi connectivity index (χ1v) is 15.5. The molecule has 0 radical (unpaired) electrons. The Morgan fingerprint density at radius 2 is 1.77 bits per heavy atom. The Balaban J connectivity index is 1.78. The van der Waals surface area contributed by atoms with E-state index >= 15 is 0 Å². The predicted molar refractivity (Wildman–Crippen MR) is 155 cm³/mol. The van der Waals surface area contributed by atoms with E-state index in [9.17, 15) is 18.0 Å². The van der Waals surface area contributed by atoms with Crippen LogP contribution in [0.15, 0.2) is 42.5 Å². The molecule has 0 spiro atoms. The van der Waals surface area contributed by atoms with Gasteiger partial charge in [0.25, 0.3) is 5.91 Å². The second kappa shape index (κ2) is 14.7. The lowest BCUT2D eigenvalue weighted by atomic mass is 10.0. The Morgan fingerprint density at radius 3 is 2.38 bits per heavy atom. The normalized spacial score (nSPS) is 14.6. The van der Waals surface area contributed by atoms with E-state index in [1.54, 1.807) is 47.1 Å². The molecule has 39 heavy (non-hydrogen) atoms. The topological polar surface area (TPSA) is 87.2 Å². The zero-order valence-electron chi connectivity index (χ0n) is 22.1. The second-order valence-corrected chi connectivity index (χ2v) is 12.8. The van der Waals surface area contributed by atoms with Crippen LogP contribution in [0.25, 0.3) is 0 Å². The molecule has 0 saturated carbocycles. The van der Waals surface area contributed by atoms with Crippen molar-refractivity contribution in [2.45, 2.75) is 38.8 Å². The molecular weight excluding hydrogens is 585 g/mol. The van der Waals surface area contributed by atoms with Crippen LogP contribution in [0.3, 0.4) is 0 Å².